The molecule has 0 amide bonds. The first kappa shape index (κ1) is 108. The average molecular weight is 1990 g/mol. The molecule has 0 radical (unpaired) electrons. The van der Waals surface area contributed by atoms with Crippen molar-refractivity contribution in [2.45, 2.75) is 156 Å². The van der Waals surface area contributed by atoms with Gasteiger partial charge in [-0.3, -0.25) is 24.2 Å². The molecule has 2 fully saturated rings. The lowest BCUT2D eigenvalue weighted by molar-refractivity contribution is -0.895. The van der Waals surface area contributed by atoms with Crippen LogP contribution in [0.2, 0.25) is 0 Å². The van der Waals surface area contributed by atoms with Gasteiger partial charge in [0.1, 0.15) is 7.11 Å². The molecule has 0 spiro atoms. The molecule has 0 N–H and O–H groups in total. The topological polar surface area (TPSA) is 139 Å². The number of fused-ring (bicyclic) bond motifs is 4. The third-order valence-electron chi connectivity index (χ3n) is 25.9. The number of hydrogen-bond acceptors (Lipinski definition) is 10. The first-order valence-electron chi connectivity index (χ1n) is 52.8. The van der Waals surface area contributed by atoms with Crippen LogP contribution < -0.4 is 76.5 Å². The van der Waals surface area contributed by atoms with Gasteiger partial charge in [0.25, 0.3) is 22.1 Å². The summed E-state index contributed by atoms with van der Waals surface area (Å²) in [6, 6.07) is 135. The van der Waals surface area contributed by atoms with E-state index in [2.05, 4.69) is 178 Å². The van der Waals surface area contributed by atoms with Crippen molar-refractivity contribution >= 4 is 55.6 Å². The van der Waals surface area contributed by atoms with Crippen LogP contribution in [0.5, 0.6) is 5.75 Å². The predicted molar refractivity (Wildman–Crippen MR) is 590 cm³/mol. The first-order valence-corrected chi connectivity index (χ1v) is 52.8. The fourth-order valence-corrected chi connectivity index (χ4v) is 17.4. The molecule has 2 aliphatic carbocycles. The summed E-state index contributed by atoms with van der Waals surface area (Å²) in [6.45, 7) is 9.74. The molecule has 1 atom stereocenters. The van der Waals surface area contributed by atoms with Gasteiger partial charge in [0.15, 0.2) is 26.4 Å². The Balaban J connectivity index is 0.000000134. The average Bonchev–Trinajstić information content (AvgIpc) is 0.799. The van der Waals surface area contributed by atoms with Gasteiger partial charge in [0.05, 0.1) is 33.0 Å². The van der Waals surface area contributed by atoms with E-state index >= 15 is 0 Å². The molecule has 0 saturated heterocycles. The zero-order valence-corrected chi connectivity index (χ0v) is 86.5. The second-order valence-corrected chi connectivity index (χ2v) is 36.8. The number of hydrogen-bond donors (Lipinski definition) is 0. The van der Waals surface area contributed by atoms with Crippen molar-refractivity contribution < 1.29 is 86.1 Å². The molecule has 21 rings (SSSR count). The summed E-state index contributed by atoms with van der Waals surface area (Å²) in [5, 5.41) is 4.46. The predicted octanol–water partition coefficient (Wildman–Crippen LogP) is 24.9. The number of carbonyl (C=O) groups excluding carboxylic acids is 2. The molecule has 2 saturated carbocycles. The summed E-state index contributed by atoms with van der Waals surface area (Å²) < 4.78 is 13.8. The quantitative estimate of drug-likeness (QED) is 0.0296. The van der Waals surface area contributed by atoms with E-state index in [1.807, 2.05) is 313 Å². The highest BCUT2D eigenvalue weighted by Gasteiger charge is 2.28. The molecule has 0 aliphatic heterocycles. The van der Waals surface area contributed by atoms with E-state index < -0.39 is 0 Å². The fraction of sp³-hybridized carbons (Fsp3) is 0.237. The Morgan fingerprint density at radius 1 is 0.295 bits per heavy atom. The van der Waals surface area contributed by atoms with Crippen LogP contribution in [-0.4, -0.2) is 38.9 Å². The number of nitrogens with zero attached hydrogens (tertiary/aromatic N) is 8. The van der Waals surface area contributed by atoms with E-state index in [1.54, 1.807) is 50.6 Å². The highest BCUT2D eigenvalue weighted by molar-refractivity contribution is 5.89. The minimum absolute atomic E-state index is 0.0696. The summed E-state index contributed by atoms with van der Waals surface area (Å²) in [6.07, 6.45) is 48.1. The first-order chi connectivity index (χ1) is 73.6. The van der Waals surface area contributed by atoms with Crippen LogP contribution in [0.25, 0.3) is 88.1 Å². The number of pyridine rings is 8. The maximum atomic E-state index is 12.2. The summed E-state index contributed by atoms with van der Waals surface area (Å²) in [4.78, 5) is 69.2. The Morgan fingerprint density at radius 2 is 0.638 bits per heavy atom. The molecular weight excluding hydrogens is 1850 g/mol. The number of para-hydroxylation sites is 5. The van der Waals surface area contributed by atoms with Crippen LogP contribution >= 0.6 is 0 Å². The van der Waals surface area contributed by atoms with E-state index in [0.29, 0.717) is 18.1 Å². The van der Waals surface area contributed by atoms with Gasteiger partial charge in [-0.2, -0.15) is 9.68 Å². The molecule has 1 unspecified atom stereocenters. The molecule has 8 heterocycles. The summed E-state index contributed by atoms with van der Waals surface area (Å²) >= 11 is 0. The third kappa shape index (κ3) is 35.9. The van der Waals surface area contributed by atoms with Crippen molar-refractivity contribution in [3.8, 4) is 50.3 Å². The number of rotatable bonds is 32. The summed E-state index contributed by atoms with van der Waals surface area (Å²) in [7, 11) is 1.64. The molecule has 18 nitrogen and oxygen atoms in total. The Labute approximate surface area is 878 Å². The van der Waals surface area contributed by atoms with Crippen LogP contribution in [0.15, 0.2) is 481 Å². The van der Waals surface area contributed by atoms with Crippen molar-refractivity contribution in [3.63, 3.8) is 0 Å². The van der Waals surface area contributed by atoms with Crippen molar-refractivity contribution in [3.05, 3.63) is 492 Å². The maximum absolute atomic E-state index is 12.2. The van der Waals surface area contributed by atoms with Gasteiger partial charge in [-0.1, -0.05) is 334 Å². The smallest absolute Gasteiger partial charge is 0.275 e. The van der Waals surface area contributed by atoms with Gasteiger partial charge < -0.3 is 0 Å². The van der Waals surface area contributed by atoms with Gasteiger partial charge in [0.2, 0.25) is 80.1 Å². The molecule has 149 heavy (non-hydrogen) atoms. The lowest BCUT2D eigenvalue weighted by Crippen LogP contribution is -2.48. The fourth-order valence-electron chi connectivity index (χ4n) is 17.4. The zero-order valence-electron chi connectivity index (χ0n) is 86.5. The van der Waals surface area contributed by atoms with Crippen molar-refractivity contribution in [2.24, 2.45) is 17.8 Å². The van der Waals surface area contributed by atoms with Gasteiger partial charge in [-0.05, 0) is 186 Å². The van der Waals surface area contributed by atoms with E-state index in [1.165, 1.54) is 151 Å². The second-order valence-electron chi connectivity index (χ2n) is 36.8. The second kappa shape index (κ2) is 61.6. The molecule has 18 heteroatoms. The minimum Gasteiger partial charge on any atom is -0.275 e. The van der Waals surface area contributed by atoms with Crippen LogP contribution in [0, 0.1) is 17.8 Å². The molecule has 0 bridgehead atoms. The zero-order chi connectivity index (χ0) is 103. The van der Waals surface area contributed by atoms with E-state index in [-0.39, 0.29) is 17.9 Å². The molecule has 758 valence electrons. The molecule has 11 aromatic carbocycles. The molecular formula is C131H142N8O10+8. The van der Waals surface area contributed by atoms with Crippen LogP contribution in [-0.2, 0) is 11.4 Å². The van der Waals surface area contributed by atoms with Crippen LogP contribution in [0.1, 0.15) is 165 Å². The van der Waals surface area contributed by atoms with Crippen molar-refractivity contribution in [1.82, 2.24) is 0 Å². The van der Waals surface area contributed by atoms with Gasteiger partial charge in [0, 0.05) is 135 Å². The van der Waals surface area contributed by atoms with Crippen molar-refractivity contribution in [2.75, 3.05) is 26.9 Å². The minimum atomic E-state index is -0.373. The third-order valence-corrected chi connectivity index (χ3v) is 25.9. The normalized spacial score (nSPS) is 12.1. The Hall–Kier alpha value is -16.6. The van der Waals surface area contributed by atoms with E-state index in [9.17, 15) is 9.59 Å². The molecule has 19 aromatic rings. The van der Waals surface area contributed by atoms with Gasteiger partial charge in [-0.25, -0.2) is 14.4 Å². The molecule has 2 aliphatic rings. The Kier molecular flexibility index (Phi) is 44.7. The van der Waals surface area contributed by atoms with Gasteiger partial charge >= 0.3 is 11.9 Å². The SMILES string of the molecule is CCCCC(CC)CO[n+]1ccc(-c2ccccc2)cc1.CCCCCCCCO[n+]1cccc2ccccc21.CO[n+]1ccc(-c2ccccc2)cc1.O=C(O[n+]1cccc2ccccc21)C1CCCCC1.O=C(O[n+]1cccc2ccccc21)c1ccccc1.c1ccc(-c2cc[n+](OCC3CCCCC3)cc2)cc1.c1ccc(CO[n+]2ccc(-c3ccccc3)cc2)cc1.c1ccc(O[n+]2cccc3ccccc32)cc1. The van der Waals surface area contributed by atoms with Crippen molar-refractivity contribution in [1.29, 1.82) is 0 Å². The van der Waals surface area contributed by atoms with Gasteiger partial charge in [-0.15, -0.1) is 0 Å². The van der Waals surface area contributed by atoms with Crippen LogP contribution in [0.4, 0.5) is 0 Å². The maximum Gasteiger partial charge on any atom is 0.411 e. The number of benzene rings is 11. The number of aromatic nitrogens is 8. The highest BCUT2D eigenvalue weighted by Crippen LogP contribution is 2.27. The number of unbranched alkanes of at least 4 members (excludes halogenated alkanes) is 6. The lowest BCUT2D eigenvalue weighted by Gasteiger charge is -2.18. The monoisotopic (exact) mass is 1990 g/mol. The standard InChI is InChI=1S/C19H26NO.C18H22NO.C18H16NO.C17H24NO.C16H18NO2.C16H12NO2.C15H12NO.C12H12NO/c1-3-5-9-17(4-2)16-21-20-14-12-19(13-15-20)18-10-7-6-8-11-18;2*1-3-7-16(8-4-1)15-20-19-13-11-18(12-14-19)17-9-5-2-6-10-17;1-2-3-4-5-6-9-15-19-18-14-10-12-16-11-7-8-13-17(16)18;2*18-16(14-8-2-1-3-9-14)19-17-12-6-10-13-7-4-5-11-15(13)17;1-2-9-14(10-3-1)17-16-12-6-8-13-7-4-5-11-15(13)16;1-14-13-9-7-12(8-10-13)11-5-3-2-4-6-11/h6-8,10-15,17H,3-5,9,16H2,1-2H3;2,5-6,9-14,16H,1,3-4,7-8,15H2;1-14H,15H2;7-8,10-14H,2-6,9,15H2,1H3;4-7,10-12,14H,1-3,8-9H2;1-12H;1-12H;2-10H,1H3/q8*+1. The largest absolute Gasteiger partial charge is 0.411 e. The summed E-state index contributed by atoms with van der Waals surface area (Å²) in [5.41, 5.74) is 15.4. The van der Waals surface area contributed by atoms with E-state index in [4.69, 9.17) is 38.7 Å². The van der Waals surface area contributed by atoms with Crippen LogP contribution in [0.3, 0.4) is 0 Å². The lowest BCUT2D eigenvalue weighted by atomic mass is 9.89. The molecule has 8 aromatic heterocycles. The Bertz CT molecular complexity index is 7030. The highest BCUT2D eigenvalue weighted by atomic mass is 16.7. The summed E-state index contributed by atoms with van der Waals surface area (Å²) in [5.74, 6) is 1.83. The Morgan fingerprint density at radius 3 is 1.08 bits per heavy atom. The van der Waals surface area contributed by atoms with E-state index in [0.717, 1.165) is 107 Å². The number of carbonyl (C=O) groups is 2.